The van der Waals surface area contributed by atoms with Gasteiger partial charge in [0, 0.05) is 31.7 Å². The van der Waals surface area contributed by atoms with Gasteiger partial charge in [-0.3, -0.25) is 4.99 Å². The number of nitrogens with zero attached hydrogens (tertiary/aromatic N) is 2. The van der Waals surface area contributed by atoms with Crippen molar-refractivity contribution in [1.29, 1.82) is 0 Å². The quantitative estimate of drug-likeness (QED) is 0.320. The van der Waals surface area contributed by atoms with Crippen LogP contribution in [0, 0.1) is 5.92 Å². The number of nitrogens with one attached hydrogen (secondary N) is 2. The van der Waals surface area contributed by atoms with Crippen LogP contribution in [0.1, 0.15) is 25.8 Å². The van der Waals surface area contributed by atoms with Crippen molar-refractivity contribution in [3.05, 3.63) is 29.8 Å². The molecule has 26 heavy (non-hydrogen) atoms. The topological polar surface area (TPSA) is 48.9 Å². The number of likely N-dealkylation sites (N-methyl/N-ethyl adjacent to an activating group) is 1. The molecule has 0 aromatic heterocycles. The maximum Gasteiger partial charge on any atom is 0.387 e. The third-order valence-corrected chi connectivity index (χ3v) is 3.84. The molecule has 5 nitrogen and oxygen atoms in total. The molecule has 0 spiro atoms. The Hall–Kier alpha value is -1.16. The van der Waals surface area contributed by atoms with Crippen LogP contribution in [0.2, 0.25) is 0 Å². The van der Waals surface area contributed by atoms with Crippen molar-refractivity contribution in [2.75, 3.05) is 27.7 Å². The zero-order valence-electron chi connectivity index (χ0n) is 16.1. The van der Waals surface area contributed by atoms with Gasteiger partial charge in [0.1, 0.15) is 5.75 Å². The van der Waals surface area contributed by atoms with E-state index in [0.717, 1.165) is 13.0 Å². The van der Waals surface area contributed by atoms with Gasteiger partial charge < -0.3 is 20.3 Å². The van der Waals surface area contributed by atoms with E-state index in [4.69, 9.17) is 0 Å². The summed E-state index contributed by atoms with van der Waals surface area (Å²) in [6, 6.07) is 7.12. The number of hydrogen-bond donors (Lipinski definition) is 2. The zero-order chi connectivity index (χ0) is 18.8. The Balaban J connectivity index is 0.00000625. The molecule has 0 fully saturated rings. The average Bonchev–Trinajstić information content (AvgIpc) is 2.54. The Kier molecular flexibility index (Phi) is 12.5. The molecule has 1 aromatic carbocycles. The fraction of sp³-hybridized carbons (Fsp3) is 0.611. The number of alkyl halides is 2. The van der Waals surface area contributed by atoms with Gasteiger partial charge in [0.2, 0.25) is 0 Å². The first-order chi connectivity index (χ1) is 11.8. The lowest BCUT2D eigenvalue weighted by Gasteiger charge is -2.27. The van der Waals surface area contributed by atoms with E-state index < -0.39 is 6.61 Å². The molecule has 1 unspecified atom stereocenters. The summed E-state index contributed by atoms with van der Waals surface area (Å²) < 4.78 is 29.5. The van der Waals surface area contributed by atoms with E-state index in [9.17, 15) is 8.78 Å². The summed E-state index contributed by atoms with van der Waals surface area (Å²) in [6.07, 6.45) is 1.07. The molecular weight excluding hydrogens is 453 g/mol. The summed E-state index contributed by atoms with van der Waals surface area (Å²) in [5.74, 6) is 1.40. The molecule has 2 N–H and O–H groups in total. The summed E-state index contributed by atoms with van der Waals surface area (Å²) in [7, 11) is 5.80. The Morgan fingerprint density at radius 1 is 1.19 bits per heavy atom. The lowest BCUT2D eigenvalue weighted by Crippen LogP contribution is -2.45. The second kappa shape index (κ2) is 13.1. The van der Waals surface area contributed by atoms with Gasteiger partial charge in [-0.25, -0.2) is 0 Å². The summed E-state index contributed by atoms with van der Waals surface area (Å²) in [5, 5.41) is 6.44. The van der Waals surface area contributed by atoms with Crippen molar-refractivity contribution in [3.8, 4) is 5.75 Å². The highest BCUT2D eigenvalue weighted by molar-refractivity contribution is 14.0. The fourth-order valence-electron chi connectivity index (χ4n) is 2.50. The van der Waals surface area contributed by atoms with Crippen LogP contribution in [0.25, 0.3) is 0 Å². The largest absolute Gasteiger partial charge is 0.434 e. The average molecular weight is 484 g/mol. The van der Waals surface area contributed by atoms with Gasteiger partial charge in [-0.05, 0) is 32.5 Å². The number of aliphatic imine (C=N–C) groups is 1. The van der Waals surface area contributed by atoms with Gasteiger partial charge in [-0.15, -0.1) is 24.0 Å². The number of rotatable bonds is 9. The first-order valence-electron chi connectivity index (χ1n) is 8.47. The minimum absolute atomic E-state index is 0. The highest BCUT2D eigenvalue weighted by Gasteiger charge is 2.14. The number of hydrogen-bond acceptors (Lipinski definition) is 3. The van der Waals surface area contributed by atoms with Crippen molar-refractivity contribution in [1.82, 2.24) is 15.5 Å². The van der Waals surface area contributed by atoms with Crippen molar-refractivity contribution in [2.24, 2.45) is 10.9 Å². The minimum atomic E-state index is -2.84. The lowest BCUT2D eigenvalue weighted by molar-refractivity contribution is -0.0504. The van der Waals surface area contributed by atoms with Crippen molar-refractivity contribution < 1.29 is 13.5 Å². The third-order valence-electron chi connectivity index (χ3n) is 3.84. The molecule has 150 valence electrons. The van der Waals surface area contributed by atoms with Crippen LogP contribution >= 0.6 is 24.0 Å². The normalized spacial score (nSPS) is 12.9. The van der Waals surface area contributed by atoms with Crippen molar-refractivity contribution in [3.63, 3.8) is 0 Å². The van der Waals surface area contributed by atoms with E-state index in [1.54, 1.807) is 25.2 Å². The number of halogens is 3. The van der Waals surface area contributed by atoms with E-state index in [1.807, 2.05) is 0 Å². The molecule has 0 radical (unpaired) electrons. The lowest BCUT2D eigenvalue weighted by atomic mass is 10.0. The summed E-state index contributed by atoms with van der Waals surface area (Å²) in [6.45, 7) is 2.65. The molecule has 0 bridgehead atoms. The van der Waals surface area contributed by atoms with Gasteiger partial charge in [-0.1, -0.05) is 32.0 Å². The predicted octanol–water partition coefficient (Wildman–Crippen LogP) is 3.55. The molecule has 1 rings (SSSR count). The van der Waals surface area contributed by atoms with E-state index in [0.29, 0.717) is 30.0 Å². The zero-order valence-corrected chi connectivity index (χ0v) is 18.5. The molecule has 0 aliphatic carbocycles. The Morgan fingerprint density at radius 2 is 1.85 bits per heavy atom. The van der Waals surface area contributed by atoms with E-state index in [1.165, 1.54) is 6.07 Å². The Bertz CT molecular complexity index is 542. The Labute approximate surface area is 172 Å². The first-order valence-corrected chi connectivity index (χ1v) is 8.47. The molecule has 0 heterocycles. The monoisotopic (exact) mass is 484 g/mol. The van der Waals surface area contributed by atoms with Crippen LogP contribution in [-0.2, 0) is 6.54 Å². The van der Waals surface area contributed by atoms with Gasteiger partial charge >= 0.3 is 6.61 Å². The van der Waals surface area contributed by atoms with Gasteiger partial charge in [-0.2, -0.15) is 8.78 Å². The SMILES string of the molecule is CN=C(NCc1ccccc1OC(F)F)NCC(CC(C)C)N(C)C.I. The summed E-state index contributed by atoms with van der Waals surface area (Å²) in [5.41, 5.74) is 0.650. The van der Waals surface area contributed by atoms with Crippen molar-refractivity contribution in [2.45, 2.75) is 39.5 Å². The Morgan fingerprint density at radius 3 is 2.38 bits per heavy atom. The van der Waals surface area contributed by atoms with Crippen LogP contribution in [0.3, 0.4) is 0 Å². The van der Waals surface area contributed by atoms with E-state index in [2.05, 4.69) is 53.2 Å². The summed E-state index contributed by atoms with van der Waals surface area (Å²) >= 11 is 0. The molecule has 0 saturated carbocycles. The molecule has 1 aromatic rings. The van der Waals surface area contributed by atoms with Crippen LogP contribution in [0.15, 0.2) is 29.3 Å². The standard InChI is InChI=1S/C18H30F2N4O.HI/c1-13(2)10-15(24(4)5)12-23-18(21-3)22-11-14-8-6-7-9-16(14)25-17(19)20;/h6-9,13,15,17H,10-12H2,1-5H3,(H2,21,22,23);1H. The second-order valence-electron chi connectivity index (χ2n) is 6.54. The van der Waals surface area contributed by atoms with Crippen molar-refractivity contribution >= 4 is 29.9 Å². The predicted molar refractivity (Wildman–Crippen MR) is 114 cm³/mol. The highest BCUT2D eigenvalue weighted by Crippen LogP contribution is 2.19. The third kappa shape index (κ3) is 9.51. The smallest absolute Gasteiger partial charge is 0.387 e. The molecule has 0 amide bonds. The molecule has 0 aliphatic rings. The van der Waals surface area contributed by atoms with E-state index >= 15 is 0 Å². The number of ether oxygens (including phenoxy) is 1. The molecule has 8 heteroatoms. The molecular formula is C18H31F2IN4O. The molecule has 1 atom stereocenters. The van der Waals surface area contributed by atoms with Crippen LogP contribution in [-0.4, -0.2) is 51.2 Å². The fourth-order valence-corrected chi connectivity index (χ4v) is 2.50. The van der Waals surface area contributed by atoms with Crippen LogP contribution < -0.4 is 15.4 Å². The maximum absolute atomic E-state index is 12.5. The number of benzene rings is 1. The second-order valence-corrected chi connectivity index (χ2v) is 6.54. The van der Waals surface area contributed by atoms with Gasteiger partial charge in [0.25, 0.3) is 0 Å². The number of para-hydroxylation sites is 1. The van der Waals surface area contributed by atoms with E-state index in [-0.39, 0.29) is 29.7 Å². The van der Waals surface area contributed by atoms with Gasteiger partial charge in [0.05, 0.1) is 0 Å². The minimum Gasteiger partial charge on any atom is -0.434 e. The maximum atomic E-state index is 12.5. The van der Waals surface area contributed by atoms with Crippen LogP contribution in [0.5, 0.6) is 5.75 Å². The molecule has 0 saturated heterocycles. The van der Waals surface area contributed by atoms with Crippen LogP contribution in [0.4, 0.5) is 8.78 Å². The number of guanidine groups is 1. The highest BCUT2D eigenvalue weighted by atomic mass is 127. The molecule has 0 aliphatic heterocycles. The van der Waals surface area contributed by atoms with Gasteiger partial charge in [0.15, 0.2) is 5.96 Å². The summed E-state index contributed by atoms with van der Waals surface area (Å²) in [4.78, 5) is 6.38. The first kappa shape index (κ1) is 24.8.